The molecule has 0 aliphatic heterocycles. The minimum atomic E-state index is -0.599. The number of aryl methyl sites for hydroxylation is 4. The second-order valence-corrected chi connectivity index (χ2v) is 27.3. The minimum Gasteiger partial charge on any atom is -0.482 e. The Morgan fingerprint density at radius 2 is 0.690 bits per heavy atom. The standard InChI is InChI=1S/C61H77O9S/c1-34-12-50(8-10-53(34)65-31-55(62)68-59(5)44-19-38-16-39(21-44)22-45(59)20-38)71(51-9-11-54(35(2)13-51)66-32-56(63)69-60(6)46-23-40-17-41(25-46)26-47(60)24-40)52-14-36(3)58(37(4)15-52)67-33-57(64)70-61(7)48-27-42-18-43(29-48)30-49(61)28-42/h8-15,38-49H,16-33H2,1-7H3/q+1. The van der Waals surface area contributed by atoms with Crippen LogP contribution in [0.2, 0.25) is 0 Å². The Morgan fingerprint density at radius 3 is 0.986 bits per heavy atom. The van der Waals surface area contributed by atoms with E-state index in [1.54, 1.807) is 0 Å². The summed E-state index contributed by atoms with van der Waals surface area (Å²) in [5, 5.41) is 0. The zero-order chi connectivity index (χ0) is 49.1. The fraction of sp³-hybridized carbons (Fsp3) is 0.656. The van der Waals surface area contributed by atoms with Crippen LogP contribution in [0.1, 0.15) is 139 Å². The van der Waals surface area contributed by atoms with Crippen LogP contribution < -0.4 is 14.2 Å². The highest BCUT2D eigenvalue weighted by Gasteiger charge is 2.59. The molecule has 12 aliphatic rings. The average Bonchev–Trinajstić information content (AvgIpc) is 3.30. The Bertz CT molecular complexity index is 2370. The molecule has 12 fully saturated rings. The predicted octanol–water partition coefficient (Wildman–Crippen LogP) is 12.4. The molecule has 12 bridgehead atoms. The van der Waals surface area contributed by atoms with E-state index in [0.29, 0.717) is 52.8 Å². The maximum absolute atomic E-state index is 13.6. The van der Waals surface area contributed by atoms with Gasteiger partial charge in [-0.15, -0.1) is 0 Å². The van der Waals surface area contributed by atoms with Gasteiger partial charge in [0.15, 0.2) is 34.5 Å². The fourth-order valence-electron chi connectivity index (χ4n) is 17.6. The van der Waals surface area contributed by atoms with E-state index < -0.39 is 27.7 Å². The third-order valence-corrected chi connectivity index (χ3v) is 22.9. The van der Waals surface area contributed by atoms with Gasteiger partial charge in [0.25, 0.3) is 0 Å². The molecular weight excluding hydrogens is 909 g/mol. The summed E-state index contributed by atoms with van der Waals surface area (Å²) >= 11 is 0. The smallest absolute Gasteiger partial charge is 0.344 e. The van der Waals surface area contributed by atoms with Gasteiger partial charge in [-0.2, -0.15) is 0 Å². The molecule has 0 aromatic heterocycles. The highest BCUT2D eigenvalue weighted by atomic mass is 32.2. The number of carbonyl (C=O) groups is 3. The monoisotopic (exact) mass is 986 g/mol. The van der Waals surface area contributed by atoms with Crippen molar-refractivity contribution in [2.45, 2.75) is 176 Å². The molecule has 0 radical (unpaired) electrons. The summed E-state index contributed by atoms with van der Waals surface area (Å²) in [7, 11) is -0.599. The molecule has 0 unspecified atom stereocenters. The minimum absolute atomic E-state index is 0.125. The molecule has 0 saturated heterocycles. The average molecular weight is 986 g/mol. The Balaban J connectivity index is 0.759. The molecule has 15 rings (SSSR count). The van der Waals surface area contributed by atoms with Crippen molar-refractivity contribution in [2.75, 3.05) is 19.8 Å². The van der Waals surface area contributed by atoms with Gasteiger partial charge >= 0.3 is 17.9 Å². The molecule has 0 spiro atoms. The van der Waals surface area contributed by atoms with Gasteiger partial charge in [0.05, 0.1) is 10.9 Å². The summed E-state index contributed by atoms with van der Waals surface area (Å²) in [5.74, 6) is 8.63. The third kappa shape index (κ3) is 8.67. The maximum Gasteiger partial charge on any atom is 0.344 e. The van der Waals surface area contributed by atoms with Crippen molar-refractivity contribution in [1.29, 1.82) is 0 Å². The summed E-state index contributed by atoms with van der Waals surface area (Å²) in [5.41, 5.74) is 2.53. The van der Waals surface area contributed by atoms with E-state index in [0.717, 1.165) is 72.4 Å². The number of carbonyl (C=O) groups excluding carboxylic acids is 3. The van der Waals surface area contributed by atoms with Crippen LogP contribution >= 0.6 is 0 Å². The number of hydrogen-bond acceptors (Lipinski definition) is 9. The highest BCUT2D eigenvalue weighted by molar-refractivity contribution is 7.97. The quantitative estimate of drug-likeness (QED) is 0.0836. The molecule has 0 heterocycles. The van der Waals surface area contributed by atoms with E-state index >= 15 is 0 Å². The van der Waals surface area contributed by atoms with Gasteiger partial charge in [-0.3, -0.25) is 0 Å². The van der Waals surface area contributed by atoms with Crippen LogP contribution in [0.4, 0.5) is 0 Å². The van der Waals surface area contributed by atoms with Crippen molar-refractivity contribution >= 4 is 28.8 Å². The Kier molecular flexibility index (Phi) is 12.1. The molecular formula is C61H77O9S+. The first-order valence-electron chi connectivity index (χ1n) is 27.6. The van der Waals surface area contributed by atoms with Crippen LogP contribution in [0.3, 0.4) is 0 Å². The van der Waals surface area contributed by atoms with Crippen molar-refractivity contribution < 1.29 is 42.8 Å². The van der Waals surface area contributed by atoms with E-state index in [1.165, 1.54) is 96.3 Å². The molecule has 12 saturated carbocycles. The van der Waals surface area contributed by atoms with Crippen LogP contribution in [0, 0.1) is 98.7 Å². The van der Waals surface area contributed by atoms with Crippen molar-refractivity contribution in [3.63, 3.8) is 0 Å². The number of esters is 3. The normalized spacial score (nSPS) is 38.0. The van der Waals surface area contributed by atoms with Gasteiger partial charge in [0, 0.05) is 24.3 Å². The maximum atomic E-state index is 13.6. The number of benzene rings is 3. The molecule has 0 amide bonds. The molecule has 3 aromatic carbocycles. The van der Waals surface area contributed by atoms with Crippen molar-refractivity contribution in [3.05, 3.63) is 70.8 Å². The second kappa shape index (κ2) is 18.0. The highest BCUT2D eigenvalue weighted by Crippen LogP contribution is 2.62. The van der Waals surface area contributed by atoms with E-state index in [9.17, 15) is 14.4 Å². The first-order valence-corrected chi connectivity index (χ1v) is 28.8. The summed E-state index contributed by atoms with van der Waals surface area (Å²) in [6.45, 7) is 14.3. The Labute approximate surface area is 424 Å². The van der Waals surface area contributed by atoms with Gasteiger partial charge in [0.1, 0.15) is 34.1 Å². The molecule has 3 aromatic rings. The lowest BCUT2D eigenvalue weighted by atomic mass is 9.50. The van der Waals surface area contributed by atoms with Gasteiger partial charge in [-0.1, -0.05) is 0 Å². The van der Waals surface area contributed by atoms with Gasteiger partial charge in [-0.25, -0.2) is 14.4 Å². The van der Waals surface area contributed by atoms with Crippen LogP contribution in [0.5, 0.6) is 17.2 Å². The first-order chi connectivity index (χ1) is 34.0. The molecule has 12 aliphatic carbocycles. The van der Waals surface area contributed by atoms with E-state index in [2.05, 4.69) is 57.2 Å². The van der Waals surface area contributed by atoms with Crippen molar-refractivity contribution in [1.82, 2.24) is 0 Å². The van der Waals surface area contributed by atoms with Crippen molar-refractivity contribution in [2.24, 2.45) is 71.0 Å². The largest absolute Gasteiger partial charge is 0.482 e. The summed E-state index contributed by atoms with van der Waals surface area (Å²) < 4.78 is 37.9. The molecule has 0 atom stereocenters. The third-order valence-electron chi connectivity index (χ3n) is 20.7. The van der Waals surface area contributed by atoms with Crippen LogP contribution in [0.15, 0.2) is 63.2 Å². The zero-order valence-corrected chi connectivity index (χ0v) is 44.2. The van der Waals surface area contributed by atoms with Gasteiger partial charge in [-0.05, 0) is 262 Å². The van der Waals surface area contributed by atoms with E-state index in [4.69, 9.17) is 28.4 Å². The fourth-order valence-corrected chi connectivity index (χ4v) is 20.0. The Morgan fingerprint density at radius 1 is 0.408 bits per heavy atom. The molecule has 71 heavy (non-hydrogen) atoms. The number of ether oxygens (including phenoxy) is 6. The zero-order valence-electron chi connectivity index (χ0n) is 43.4. The van der Waals surface area contributed by atoms with Gasteiger partial charge < -0.3 is 28.4 Å². The molecule has 10 heteroatoms. The van der Waals surface area contributed by atoms with E-state index in [1.807, 2.05) is 39.8 Å². The van der Waals surface area contributed by atoms with Gasteiger partial charge in [0.2, 0.25) is 0 Å². The predicted molar refractivity (Wildman–Crippen MR) is 272 cm³/mol. The van der Waals surface area contributed by atoms with Crippen molar-refractivity contribution in [3.8, 4) is 17.2 Å². The van der Waals surface area contributed by atoms with E-state index in [-0.39, 0.29) is 37.7 Å². The van der Waals surface area contributed by atoms with Crippen LogP contribution in [0.25, 0.3) is 0 Å². The lowest BCUT2D eigenvalue weighted by Crippen LogP contribution is -2.58. The summed E-state index contributed by atoms with van der Waals surface area (Å²) in [6, 6.07) is 16.9. The summed E-state index contributed by atoms with van der Waals surface area (Å²) in [4.78, 5) is 43.8. The Hall–Kier alpha value is -4.18. The number of hydrogen-bond donors (Lipinski definition) is 0. The second-order valence-electron chi connectivity index (χ2n) is 25.3. The molecule has 0 N–H and O–H groups in total. The SMILES string of the molecule is Cc1cc([S+](c2ccc(OCC(=O)OC3(C)C4CC5CC(C4)CC3C5)c(C)c2)c2cc(C)c(OCC(=O)OC3(C)C4CC5CC(C4)CC3C5)c(C)c2)ccc1OCC(=O)OC1(C)C2CC3CC(C2)CC1C3. The lowest BCUT2D eigenvalue weighted by molar-refractivity contribution is -0.205. The molecule has 9 nitrogen and oxygen atoms in total. The summed E-state index contributed by atoms with van der Waals surface area (Å²) in [6.07, 6.45) is 18.2. The van der Waals surface area contributed by atoms with Crippen LogP contribution in [-0.4, -0.2) is 54.5 Å². The number of rotatable bonds is 15. The topological polar surface area (TPSA) is 107 Å². The first kappa shape index (κ1) is 47.8. The van der Waals surface area contributed by atoms with Crippen LogP contribution in [-0.2, 0) is 39.5 Å². The lowest BCUT2D eigenvalue weighted by Gasteiger charge is -2.59. The molecule has 380 valence electrons.